The number of carbonyl (C=O) groups is 1. The van der Waals surface area contributed by atoms with E-state index in [0.717, 1.165) is 17.5 Å². The molecule has 1 N–H and O–H groups in total. The maximum absolute atomic E-state index is 12.3. The third-order valence-corrected chi connectivity index (χ3v) is 4.72. The van der Waals surface area contributed by atoms with Gasteiger partial charge >= 0.3 is 0 Å². The lowest BCUT2D eigenvalue weighted by molar-refractivity contribution is -0.121. The molecule has 146 valence electrons. The molecule has 0 aliphatic heterocycles. The van der Waals surface area contributed by atoms with Gasteiger partial charge in [0, 0.05) is 23.3 Å². The molecule has 29 heavy (non-hydrogen) atoms. The fraction of sp³-hybridized carbons (Fsp3) is 0.136. The second-order valence-electron chi connectivity index (χ2n) is 6.54. The zero-order valence-electron chi connectivity index (χ0n) is 15.6. The molecule has 0 saturated heterocycles. The summed E-state index contributed by atoms with van der Waals surface area (Å²) < 4.78 is 7.20. The van der Waals surface area contributed by atoms with Gasteiger partial charge < -0.3 is 14.4 Å². The number of hydrogen-bond donors (Lipinski definition) is 1. The molecular weight excluding hydrogens is 388 g/mol. The van der Waals surface area contributed by atoms with Crippen molar-refractivity contribution in [3.05, 3.63) is 83.5 Å². The van der Waals surface area contributed by atoms with E-state index in [9.17, 15) is 4.79 Å². The van der Waals surface area contributed by atoms with E-state index in [1.54, 1.807) is 4.57 Å². The van der Waals surface area contributed by atoms with Crippen LogP contribution in [0.25, 0.3) is 23.0 Å². The SMILES string of the molecule is O=C(Cn1cccc1-c1nc(-c2ccccc2)no1)NCCc1ccc(Cl)cc1. The van der Waals surface area contributed by atoms with Gasteiger partial charge in [-0.15, -0.1) is 0 Å². The molecule has 1 amide bonds. The molecule has 6 nitrogen and oxygen atoms in total. The van der Waals surface area contributed by atoms with Crippen molar-refractivity contribution in [1.29, 1.82) is 0 Å². The van der Waals surface area contributed by atoms with Gasteiger partial charge in [0.2, 0.25) is 11.7 Å². The van der Waals surface area contributed by atoms with Gasteiger partial charge in [-0.2, -0.15) is 4.98 Å². The van der Waals surface area contributed by atoms with Crippen molar-refractivity contribution in [1.82, 2.24) is 20.0 Å². The molecule has 2 aromatic carbocycles. The Morgan fingerprint density at radius 2 is 1.83 bits per heavy atom. The predicted octanol–water partition coefficient (Wildman–Crippen LogP) is 4.22. The predicted molar refractivity (Wildman–Crippen MR) is 111 cm³/mol. The first-order valence-corrected chi connectivity index (χ1v) is 9.62. The molecule has 0 unspecified atom stereocenters. The molecule has 4 rings (SSSR count). The maximum Gasteiger partial charge on any atom is 0.274 e. The highest BCUT2D eigenvalue weighted by Gasteiger charge is 2.15. The Morgan fingerprint density at radius 3 is 2.62 bits per heavy atom. The van der Waals surface area contributed by atoms with Crippen LogP contribution in [0.1, 0.15) is 5.56 Å². The summed E-state index contributed by atoms with van der Waals surface area (Å²) in [4.78, 5) is 16.8. The summed E-state index contributed by atoms with van der Waals surface area (Å²) in [5.41, 5.74) is 2.70. The van der Waals surface area contributed by atoms with Gasteiger partial charge in [-0.3, -0.25) is 4.79 Å². The average Bonchev–Trinajstić information content (AvgIpc) is 3.39. The summed E-state index contributed by atoms with van der Waals surface area (Å²) in [6.07, 6.45) is 2.56. The van der Waals surface area contributed by atoms with Crippen molar-refractivity contribution in [2.24, 2.45) is 0 Å². The quantitative estimate of drug-likeness (QED) is 0.498. The molecule has 0 bridgehead atoms. The van der Waals surface area contributed by atoms with E-state index in [-0.39, 0.29) is 12.5 Å². The minimum atomic E-state index is -0.0841. The highest BCUT2D eigenvalue weighted by Crippen LogP contribution is 2.22. The van der Waals surface area contributed by atoms with Crippen molar-refractivity contribution >= 4 is 17.5 Å². The summed E-state index contributed by atoms with van der Waals surface area (Å²) >= 11 is 5.89. The Labute approximate surface area is 173 Å². The molecule has 0 aliphatic carbocycles. The first-order chi connectivity index (χ1) is 14.2. The Hall–Kier alpha value is -3.38. The smallest absolute Gasteiger partial charge is 0.274 e. The van der Waals surface area contributed by atoms with Crippen LogP contribution in [0.5, 0.6) is 0 Å². The van der Waals surface area contributed by atoms with Gasteiger partial charge in [-0.25, -0.2) is 0 Å². The van der Waals surface area contributed by atoms with Crippen LogP contribution in [0.2, 0.25) is 5.02 Å². The second-order valence-corrected chi connectivity index (χ2v) is 6.97. The maximum atomic E-state index is 12.3. The molecule has 7 heteroatoms. The van der Waals surface area contributed by atoms with E-state index < -0.39 is 0 Å². The van der Waals surface area contributed by atoms with Crippen molar-refractivity contribution < 1.29 is 9.32 Å². The van der Waals surface area contributed by atoms with Crippen molar-refractivity contribution in [2.75, 3.05) is 6.54 Å². The highest BCUT2D eigenvalue weighted by atomic mass is 35.5. The molecule has 4 aromatic rings. The van der Waals surface area contributed by atoms with Gasteiger partial charge in [0.1, 0.15) is 12.2 Å². The Balaban J connectivity index is 1.37. The lowest BCUT2D eigenvalue weighted by Crippen LogP contribution is -2.29. The van der Waals surface area contributed by atoms with Crippen LogP contribution in [-0.2, 0) is 17.8 Å². The number of rotatable bonds is 7. The first kappa shape index (κ1) is 19.0. The zero-order chi connectivity index (χ0) is 20.1. The molecular formula is C22H19ClN4O2. The number of carbonyl (C=O) groups excluding carboxylic acids is 1. The van der Waals surface area contributed by atoms with E-state index in [1.165, 1.54) is 0 Å². The Morgan fingerprint density at radius 1 is 1.03 bits per heavy atom. The average molecular weight is 407 g/mol. The molecule has 0 fully saturated rings. The largest absolute Gasteiger partial charge is 0.354 e. The molecule has 0 aliphatic rings. The summed E-state index contributed by atoms with van der Waals surface area (Å²) in [5.74, 6) is 0.808. The van der Waals surface area contributed by atoms with E-state index in [2.05, 4.69) is 15.5 Å². The van der Waals surface area contributed by atoms with Gasteiger partial charge in [0.15, 0.2) is 0 Å². The van der Waals surface area contributed by atoms with Gasteiger partial charge in [-0.05, 0) is 36.2 Å². The molecule has 2 heterocycles. The molecule has 0 atom stereocenters. The fourth-order valence-electron chi connectivity index (χ4n) is 2.99. The lowest BCUT2D eigenvalue weighted by atomic mass is 10.1. The topological polar surface area (TPSA) is 73.0 Å². The fourth-order valence-corrected chi connectivity index (χ4v) is 3.11. The van der Waals surface area contributed by atoms with E-state index in [0.29, 0.717) is 29.0 Å². The van der Waals surface area contributed by atoms with Crippen LogP contribution in [0.4, 0.5) is 0 Å². The zero-order valence-corrected chi connectivity index (χ0v) is 16.3. The lowest BCUT2D eigenvalue weighted by Gasteiger charge is -2.08. The van der Waals surface area contributed by atoms with Crippen LogP contribution in [-0.4, -0.2) is 27.2 Å². The Bertz CT molecular complexity index is 1090. The summed E-state index contributed by atoms with van der Waals surface area (Å²) in [6.45, 7) is 0.724. The second kappa shape index (κ2) is 8.75. The summed E-state index contributed by atoms with van der Waals surface area (Å²) in [6, 6.07) is 20.9. The van der Waals surface area contributed by atoms with Crippen LogP contribution < -0.4 is 5.32 Å². The highest BCUT2D eigenvalue weighted by molar-refractivity contribution is 6.30. The summed E-state index contributed by atoms with van der Waals surface area (Å²) in [5, 5.41) is 7.68. The molecule has 0 spiro atoms. The van der Waals surface area contributed by atoms with E-state index in [1.807, 2.05) is 72.9 Å². The first-order valence-electron chi connectivity index (χ1n) is 9.25. The van der Waals surface area contributed by atoms with E-state index >= 15 is 0 Å². The van der Waals surface area contributed by atoms with Crippen molar-refractivity contribution in [2.45, 2.75) is 13.0 Å². The van der Waals surface area contributed by atoms with Gasteiger partial charge in [0.05, 0.1) is 0 Å². The number of halogens is 1. The standard InChI is InChI=1S/C22H19ClN4O2/c23-18-10-8-16(9-11-18)12-13-24-20(28)15-27-14-4-7-19(27)22-25-21(26-29-22)17-5-2-1-3-6-17/h1-11,14H,12-13,15H2,(H,24,28). The number of benzene rings is 2. The van der Waals surface area contributed by atoms with Crippen LogP contribution in [0, 0.1) is 0 Å². The van der Waals surface area contributed by atoms with Crippen LogP contribution in [0.3, 0.4) is 0 Å². The van der Waals surface area contributed by atoms with Gasteiger partial charge in [0.25, 0.3) is 5.89 Å². The van der Waals surface area contributed by atoms with Crippen LogP contribution in [0.15, 0.2) is 77.4 Å². The van der Waals surface area contributed by atoms with Crippen LogP contribution >= 0.6 is 11.6 Å². The number of nitrogens with one attached hydrogen (secondary N) is 1. The van der Waals surface area contributed by atoms with Crippen molar-refractivity contribution in [3.8, 4) is 23.0 Å². The monoisotopic (exact) mass is 406 g/mol. The summed E-state index contributed by atoms with van der Waals surface area (Å²) in [7, 11) is 0. The third-order valence-electron chi connectivity index (χ3n) is 4.47. The normalized spacial score (nSPS) is 10.8. The van der Waals surface area contributed by atoms with Crippen molar-refractivity contribution in [3.63, 3.8) is 0 Å². The van der Waals surface area contributed by atoms with Gasteiger partial charge in [-0.1, -0.05) is 59.2 Å². The number of aromatic nitrogens is 3. The molecule has 0 saturated carbocycles. The third kappa shape index (κ3) is 4.73. The number of hydrogen-bond acceptors (Lipinski definition) is 4. The number of nitrogens with zero attached hydrogens (tertiary/aromatic N) is 3. The van der Waals surface area contributed by atoms with E-state index in [4.69, 9.17) is 16.1 Å². The minimum absolute atomic E-state index is 0.0841. The Kier molecular flexibility index (Phi) is 5.72. The number of amides is 1. The molecule has 0 radical (unpaired) electrons. The molecule has 2 aromatic heterocycles. The minimum Gasteiger partial charge on any atom is -0.354 e.